The highest BCUT2D eigenvalue weighted by Gasteiger charge is 2.35. The maximum atomic E-state index is 12.8. The summed E-state index contributed by atoms with van der Waals surface area (Å²) in [5, 5.41) is 3.36. The van der Waals surface area contributed by atoms with Gasteiger partial charge in [0.1, 0.15) is 5.54 Å². The standard InChI is InChI=1S/C18H16N4O2/c1-18(17(19)24,12-5-3-2-4-6-12)22-16(23)13-7-10-21-15-8-9-20-11-14(13)15/h2-11H,1H3,(H2,19,24)(H,22,23). The predicted octanol–water partition coefficient (Wildman–Crippen LogP) is 1.76. The Morgan fingerprint density at radius 1 is 1.08 bits per heavy atom. The number of nitrogens with one attached hydrogen (secondary N) is 1. The number of fused-ring (bicyclic) bond motifs is 1. The van der Waals surface area contributed by atoms with Crippen LogP contribution in [-0.2, 0) is 10.3 Å². The van der Waals surface area contributed by atoms with E-state index in [1.165, 1.54) is 0 Å². The zero-order valence-corrected chi connectivity index (χ0v) is 13.1. The SMILES string of the molecule is CC(NC(=O)c1ccnc2ccncc12)(C(N)=O)c1ccccc1. The Morgan fingerprint density at radius 2 is 1.83 bits per heavy atom. The average molecular weight is 320 g/mol. The second-order valence-electron chi connectivity index (χ2n) is 5.56. The van der Waals surface area contributed by atoms with Crippen LogP contribution in [0, 0.1) is 0 Å². The Labute approximate surface area is 138 Å². The quantitative estimate of drug-likeness (QED) is 0.765. The maximum Gasteiger partial charge on any atom is 0.253 e. The van der Waals surface area contributed by atoms with Gasteiger partial charge in [-0.05, 0) is 24.6 Å². The molecule has 3 N–H and O–H groups in total. The normalized spacial score (nSPS) is 13.2. The molecule has 6 nitrogen and oxygen atoms in total. The van der Waals surface area contributed by atoms with Crippen LogP contribution in [0.4, 0.5) is 0 Å². The molecule has 24 heavy (non-hydrogen) atoms. The molecule has 0 bridgehead atoms. The minimum absolute atomic E-state index is 0.386. The van der Waals surface area contributed by atoms with Crippen LogP contribution in [0.3, 0.4) is 0 Å². The Hall–Kier alpha value is -3.28. The molecule has 2 aromatic heterocycles. The summed E-state index contributed by atoms with van der Waals surface area (Å²) in [6.07, 6.45) is 4.72. The van der Waals surface area contributed by atoms with Gasteiger partial charge in [0.2, 0.25) is 5.91 Å². The van der Waals surface area contributed by atoms with Gasteiger partial charge in [0.15, 0.2) is 0 Å². The van der Waals surface area contributed by atoms with Crippen molar-refractivity contribution < 1.29 is 9.59 Å². The monoisotopic (exact) mass is 320 g/mol. The highest BCUT2D eigenvalue weighted by atomic mass is 16.2. The molecule has 3 aromatic rings. The van der Waals surface area contributed by atoms with Crippen LogP contribution in [0.5, 0.6) is 0 Å². The minimum atomic E-state index is -1.32. The molecule has 3 rings (SSSR count). The van der Waals surface area contributed by atoms with Crippen molar-refractivity contribution in [2.75, 3.05) is 0 Å². The number of rotatable bonds is 4. The van der Waals surface area contributed by atoms with Crippen LogP contribution in [0.25, 0.3) is 10.9 Å². The summed E-state index contributed by atoms with van der Waals surface area (Å²) in [7, 11) is 0. The number of pyridine rings is 2. The van der Waals surface area contributed by atoms with Crippen molar-refractivity contribution in [1.29, 1.82) is 0 Å². The lowest BCUT2D eigenvalue weighted by Crippen LogP contribution is -2.52. The van der Waals surface area contributed by atoms with E-state index >= 15 is 0 Å². The molecule has 0 fully saturated rings. The fourth-order valence-electron chi connectivity index (χ4n) is 2.53. The first kappa shape index (κ1) is 15.6. The van der Waals surface area contributed by atoms with Crippen molar-refractivity contribution in [2.24, 2.45) is 5.73 Å². The third-order valence-corrected chi connectivity index (χ3v) is 4.00. The number of nitrogens with zero attached hydrogens (tertiary/aromatic N) is 2. The Morgan fingerprint density at radius 3 is 2.54 bits per heavy atom. The highest BCUT2D eigenvalue weighted by Crippen LogP contribution is 2.22. The highest BCUT2D eigenvalue weighted by molar-refractivity contribution is 6.07. The molecule has 120 valence electrons. The third kappa shape index (κ3) is 2.69. The van der Waals surface area contributed by atoms with Crippen LogP contribution >= 0.6 is 0 Å². The second kappa shape index (κ2) is 6.08. The van der Waals surface area contributed by atoms with Gasteiger partial charge in [0, 0.05) is 24.0 Å². The Kier molecular flexibility index (Phi) is 3.95. The average Bonchev–Trinajstić information content (AvgIpc) is 2.61. The summed E-state index contributed by atoms with van der Waals surface area (Å²) in [5.41, 5.74) is 5.89. The van der Waals surface area contributed by atoms with Gasteiger partial charge in [-0.1, -0.05) is 30.3 Å². The summed E-state index contributed by atoms with van der Waals surface area (Å²) in [5.74, 6) is -1.06. The molecule has 0 radical (unpaired) electrons. The van der Waals surface area contributed by atoms with Crippen molar-refractivity contribution in [3.63, 3.8) is 0 Å². The van der Waals surface area contributed by atoms with Gasteiger partial charge in [-0.25, -0.2) is 0 Å². The lowest BCUT2D eigenvalue weighted by molar-refractivity contribution is -0.123. The van der Waals surface area contributed by atoms with Crippen molar-refractivity contribution in [2.45, 2.75) is 12.5 Å². The molecular weight excluding hydrogens is 304 g/mol. The van der Waals surface area contributed by atoms with Gasteiger partial charge in [-0.15, -0.1) is 0 Å². The van der Waals surface area contributed by atoms with Gasteiger partial charge < -0.3 is 11.1 Å². The number of primary amides is 1. The first-order valence-electron chi connectivity index (χ1n) is 7.39. The molecule has 1 unspecified atom stereocenters. The first-order chi connectivity index (χ1) is 11.5. The van der Waals surface area contributed by atoms with E-state index in [0.29, 0.717) is 22.0 Å². The Balaban J connectivity index is 2.02. The van der Waals surface area contributed by atoms with Crippen molar-refractivity contribution in [3.8, 4) is 0 Å². The van der Waals surface area contributed by atoms with Gasteiger partial charge in [-0.3, -0.25) is 19.6 Å². The number of nitrogens with two attached hydrogens (primary N) is 1. The van der Waals surface area contributed by atoms with Crippen LogP contribution in [0.1, 0.15) is 22.8 Å². The Bertz CT molecular complexity index is 906. The van der Waals surface area contributed by atoms with E-state index in [0.717, 1.165) is 0 Å². The largest absolute Gasteiger partial charge is 0.367 e. The topological polar surface area (TPSA) is 98.0 Å². The molecule has 2 amide bonds. The minimum Gasteiger partial charge on any atom is -0.367 e. The smallest absolute Gasteiger partial charge is 0.253 e. The fourth-order valence-corrected chi connectivity index (χ4v) is 2.53. The molecular formula is C18H16N4O2. The van der Waals surface area contributed by atoms with Crippen molar-refractivity contribution in [1.82, 2.24) is 15.3 Å². The van der Waals surface area contributed by atoms with E-state index in [2.05, 4.69) is 15.3 Å². The fraction of sp³-hybridized carbons (Fsp3) is 0.111. The molecule has 0 aliphatic heterocycles. The lowest BCUT2D eigenvalue weighted by Gasteiger charge is -2.28. The van der Waals surface area contributed by atoms with Gasteiger partial charge in [-0.2, -0.15) is 0 Å². The number of carbonyl (C=O) groups is 2. The molecule has 1 atom stereocenters. The third-order valence-electron chi connectivity index (χ3n) is 4.00. The molecule has 6 heteroatoms. The maximum absolute atomic E-state index is 12.8. The number of hydrogen-bond acceptors (Lipinski definition) is 4. The molecule has 2 heterocycles. The van der Waals surface area contributed by atoms with Gasteiger partial charge >= 0.3 is 0 Å². The lowest BCUT2D eigenvalue weighted by atomic mass is 9.90. The van der Waals surface area contributed by atoms with Gasteiger partial charge in [0.05, 0.1) is 11.1 Å². The molecule has 0 aliphatic rings. The van der Waals surface area contributed by atoms with Crippen LogP contribution in [0.15, 0.2) is 61.1 Å². The molecule has 0 saturated carbocycles. The first-order valence-corrected chi connectivity index (χ1v) is 7.39. The van der Waals surface area contributed by atoms with Crippen molar-refractivity contribution in [3.05, 3.63) is 72.2 Å². The number of hydrogen-bond donors (Lipinski definition) is 2. The summed E-state index contributed by atoms with van der Waals surface area (Å²) in [4.78, 5) is 33.0. The summed E-state index contributed by atoms with van der Waals surface area (Å²) < 4.78 is 0. The van der Waals surface area contributed by atoms with Crippen LogP contribution < -0.4 is 11.1 Å². The number of aromatic nitrogens is 2. The van der Waals surface area contributed by atoms with E-state index in [1.54, 1.807) is 61.9 Å². The number of benzene rings is 1. The van der Waals surface area contributed by atoms with E-state index in [-0.39, 0.29) is 0 Å². The summed E-state index contributed by atoms with van der Waals surface area (Å²) >= 11 is 0. The summed E-state index contributed by atoms with van der Waals surface area (Å²) in [6, 6.07) is 12.2. The second-order valence-corrected chi connectivity index (χ2v) is 5.56. The zero-order valence-electron chi connectivity index (χ0n) is 13.1. The molecule has 0 saturated heterocycles. The van der Waals surface area contributed by atoms with Gasteiger partial charge in [0.25, 0.3) is 5.91 Å². The van der Waals surface area contributed by atoms with Crippen LogP contribution in [-0.4, -0.2) is 21.8 Å². The molecule has 1 aromatic carbocycles. The van der Waals surface area contributed by atoms with E-state index in [9.17, 15) is 9.59 Å². The zero-order chi connectivity index (χ0) is 17.2. The predicted molar refractivity (Wildman–Crippen MR) is 90.0 cm³/mol. The molecule has 0 aliphatic carbocycles. The van der Waals surface area contributed by atoms with Crippen molar-refractivity contribution >= 4 is 22.7 Å². The van der Waals surface area contributed by atoms with E-state index in [1.807, 2.05) is 6.07 Å². The van der Waals surface area contributed by atoms with Crippen LogP contribution in [0.2, 0.25) is 0 Å². The summed E-state index contributed by atoms with van der Waals surface area (Å²) in [6.45, 7) is 1.59. The number of carbonyl (C=O) groups excluding carboxylic acids is 2. The molecule has 0 spiro atoms. The van der Waals surface area contributed by atoms with E-state index in [4.69, 9.17) is 5.73 Å². The van der Waals surface area contributed by atoms with E-state index < -0.39 is 17.4 Å². The number of amides is 2.